The topological polar surface area (TPSA) is 110 Å². The van der Waals surface area contributed by atoms with Crippen LogP contribution in [0.1, 0.15) is 53.1 Å². The first-order chi connectivity index (χ1) is 26.4. The number of likely N-dealkylation sites (tertiary alicyclic amines) is 1. The Morgan fingerprint density at radius 1 is 0.759 bits per heavy atom. The van der Waals surface area contributed by atoms with Gasteiger partial charge in [0.15, 0.2) is 0 Å². The first-order valence-electron chi connectivity index (χ1n) is 18.3. The number of imidazole rings is 2. The summed E-state index contributed by atoms with van der Waals surface area (Å²) in [5.74, 6) is 2.49. The molecular weight excluding hydrogens is 695 g/mol. The zero-order valence-corrected chi connectivity index (χ0v) is 31.2. The number of likely N-dealkylation sites (N-methyl/N-ethyl adjacent to an activating group) is 1. The Kier molecular flexibility index (Phi) is 10.3. The molecule has 4 heterocycles. The maximum absolute atomic E-state index is 13.9. The van der Waals surface area contributed by atoms with Crippen molar-refractivity contribution >= 4 is 23.8 Å². The van der Waals surface area contributed by atoms with Crippen molar-refractivity contribution in [1.82, 2.24) is 34.6 Å². The number of aromatic amines is 2. The van der Waals surface area contributed by atoms with Crippen LogP contribution in [0, 0.1) is 0 Å². The highest BCUT2D eigenvalue weighted by Gasteiger charge is 2.37. The fourth-order valence-corrected chi connectivity index (χ4v) is 8.57. The minimum Gasteiger partial charge on any atom is -0.445 e. The number of hydrogen-bond donors (Lipinski definition) is 2. The Bertz CT molecular complexity index is 2190. The van der Waals surface area contributed by atoms with Crippen LogP contribution in [0.25, 0.3) is 33.6 Å². The number of aromatic nitrogens is 4. The zero-order chi connectivity index (χ0) is 37.0. The van der Waals surface area contributed by atoms with Crippen molar-refractivity contribution < 1.29 is 14.3 Å². The average molecular weight is 738 g/mol. The lowest BCUT2D eigenvalue weighted by atomic mass is 10.0. The summed E-state index contributed by atoms with van der Waals surface area (Å²) in [4.78, 5) is 49.0. The molecule has 11 heteroatoms. The Morgan fingerprint density at radius 3 is 1.96 bits per heavy atom. The van der Waals surface area contributed by atoms with E-state index >= 15 is 0 Å². The van der Waals surface area contributed by atoms with Gasteiger partial charge in [-0.1, -0.05) is 109 Å². The van der Waals surface area contributed by atoms with Crippen molar-refractivity contribution in [3.63, 3.8) is 0 Å². The van der Waals surface area contributed by atoms with Gasteiger partial charge in [-0.3, -0.25) is 14.6 Å². The van der Waals surface area contributed by atoms with E-state index < -0.39 is 0 Å². The van der Waals surface area contributed by atoms with Gasteiger partial charge in [-0.15, -0.1) is 11.8 Å². The van der Waals surface area contributed by atoms with Gasteiger partial charge in [0.1, 0.15) is 29.7 Å². The lowest BCUT2D eigenvalue weighted by Crippen LogP contribution is -2.40. The number of nitrogens with zero attached hydrogens (tertiary/aromatic N) is 5. The van der Waals surface area contributed by atoms with Crippen LogP contribution < -0.4 is 0 Å². The summed E-state index contributed by atoms with van der Waals surface area (Å²) < 4.78 is 5.62. The molecule has 0 radical (unpaired) electrons. The molecule has 0 bridgehead atoms. The van der Waals surface area contributed by atoms with Crippen molar-refractivity contribution in [2.24, 2.45) is 0 Å². The Labute approximate surface area is 319 Å². The number of rotatable bonds is 10. The molecule has 3 atom stereocenters. The lowest BCUT2D eigenvalue weighted by Gasteiger charge is -2.31. The minimum absolute atomic E-state index is 0.0848. The third kappa shape index (κ3) is 7.42. The summed E-state index contributed by atoms with van der Waals surface area (Å²) in [7, 11) is 3.91. The van der Waals surface area contributed by atoms with Gasteiger partial charge in [-0.2, -0.15) is 0 Å². The third-order valence-corrected chi connectivity index (χ3v) is 11.4. The molecule has 0 aliphatic carbocycles. The van der Waals surface area contributed by atoms with E-state index in [1.54, 1.807) is 16.7 Å². The van der Waals surface area contributed by atoms with E-state index in [1.807, 2.05) is 97.0 Å². The molecule has 2 saturated heterocycles. The first kappa shape index (κ1) is 35.4. The van der Waals surface area contributed by atoms with Crippen LogP contribution in [-0.2, 0) is 16.1 Å². The van der Waals surface area contributed by atoms with Gasteiger partial charge in [0.2, 0.25) is 5.91 Å². The number of ether oxygens (including phenoxy) is 1. The summed E-state index contributed by atoms with van der Waals surface area (Å²) in [5.41, 5.74) is 8.03. The molecule has 8 rings (SSSR count). The number of hydrogen-bond acceptors (Lipinski definition) is 7. The normalized spacial score (nSPS) is 17.6. The number of carbonyl (C=O) groups is 2. The fraction of sp³-hybridized carbons (Fsp3) is 0.256. The van der Waals surface area contributed by atoms with Crippen LogP contribution in [0.2, 0.25) is 0 Å². The summed E-state index contributed by atoms with van der Waals surface area (Å²) in [6.45, 7) is 1.57. The summed E-state index contributed by atoms with van der Waals surface area (Å²) in [6.07, 6.45) is 5.19. The molecule has 274 valence electrons. The second kappa shape index (κ2) is 15.8. The molecule has 10 nitrogen and oxygen atoms in total. The van der Waals surface area contributed by atoms with Crippen LogP contribution >= 0.6 is 11.8 Å². The van der Waals surface area contributed by atoms with E-state index in [4.69, 9.17) is 9.72 Å². The van der Waals surface area contributed by atoms with Gasteiger partial charge >= 0.3 is 6.09 Å². The summed E-state index contributed by atoms with van der Waals surface area (Å²) >= 11 is 1.68. The van der Waals surface area contributed by atoms with Crippen LogP contribution in [0.4, 0.5) is 4.79 Å². The van der Waals surface area contributed by atoms with Gasteiger partial charge < -0.3 is 19.6 Å². The van der Waals surface area contributed by atoms with E-state index in [-0.39, 0.29) is 36.1 Å². The quantitative estimate of drug-likeness (QED) is 0.145. The van der Waals surface area contributed by atoms with E-state index in [9.17, 15) is 9.59 Å². The highest BCUT2D eigenvalue weighted by Crippen LogP contribution is 2.38. The molecular formula is C43H43N7O3S. The Morgan fingerprint density at radius 2 is 1.33 bits per heavy atom. The molecule has 2 amide bonds. The number of thioether (sulfide) groups is 1. The second-order valence-corrected chi connectivity index (χ2v) is 15.1. The molecule has 0 spiro atoms. The van der Waals surface area contributed by atoms with E-state index in [1.165, 1.54) is 0 Å². The highest BCUT2D eigenvalue weighted by molar-refractivity contribution is 7.99. The molecule has 2 fully saturated rings. The number of nitrogens with one attached hydrogen (secondary N) is 2. The second-order valence-electron chi connectivity index (χ2n) is 13.9. The summed E-state index contributed by atoms with van der Waals surface area (Å²) in [6, 6.07) is 36.1. The monoisotopic (exact) mass is 737 g/mol. The smallest absolute Gasteiger partial charge is 0.411 e. The molecule has 2 aliphatic heterocycles. The van der Waals surface area contributed by atoms with Crippen molar-refractivity contribution in [1.29, 1.82) is 0 Å². The van der Waals surface area contributed by atoms with Gasteiger partial charge in [0.25, 0.3) is 0 Å². The maximum Gasteiger partial charge on any atom is 0.411 e. The number of benzene rings is 4. The maximum atomic E-state index is 13.9. The third-order valence-electron chi connectivity index (χ3n) is 10.2. The number of H-pyrrole nitrogens is 2. The average Bonchev–Trinajstić information content (AvgIpc) is 4.05. The van der Waals surface area contributed by atoms with E-state index in [0.717, 1.165) is 81.6 Å². The standard InChI is InChI=1S/C43H43N7O3S/c1-48(2)38(34-12-7-4-8-13-34)41(51)49-23-9-14-37(49)39-44-26-35(46-39)32-19-15-30(16-20-32)31-17-21-33(22-18-31)36-27-45-40(47-36)42-50(24-25-54-42)43(52)53-28-29-10-5-3-6-11-29/h3-8,10-13,15-22,26-27,37-38,42H,9,14,23-25,28H2,1-2H3,(H,44,46)(H,45,47)/t37-,38+,42-/m0/s1. The molecule has 0 unspecified atom stereocenters. The lowest BCUT2D eigenvalue weighted by molar-refractivity contribution is -0.137. The Hall–Kier alpha value is -5.65. The number of amides is 2. The zero-order valence-electron chi connectivity index (χ0n) is 30.4. The largest absolute Gasteiger partial charge is 0.445 e. The molecule has 2 aromatic heterocycles. The van der Waals surface area contributed by atoms with Gasteiger partial charge in [-0.05, 0) is 60.3 Å². The van der Waals surface area contributed by atoms with Gasteiger partial charge in [-0.25, -0.2) is 14.8 Å². The van der Waals surface area contributed by atoms with Crippen LogP contribution in [0.5, 0.6) is 0 Å². The fourth-order valence-electron chi connectivity index (χ4n) is 7.40. The van der Waals surface area contributed by atoms with Crippen molar-refractivity contribution in [3.05, 3.63) is 144 Å². The van der Waals surface area contributed by atoms with Crippen LogP contribution in [-0.4, -0.2) is 79.6 Å². The molecule has 6 aromatic rings. The molecule has 4 aromatic carbocycles. The van der Waals surface area contributed by atoms with E-state index in [2.05, 4.69) is 63.5 Å². The summed E-state index contributed by atoms with van der Waals surface area (Å²) in [5, 5.41) is -0.222. The van der Waals surface area contributed by atoms with Gasteiger partial charge in [0, 0.05) is 18.8 Å². The SMILES string of the molecule is CN(C)[C@@H](C(=O)N1CCC[C@H]1c1ncc(-c2ccc(-c3ccc(-c4cnc([C@@H]5SCCN5C(=O)OCc5ccccc5)[nH]4)cc3)cc2)[nH]1)c1ccccc1. The van der Waals surface area contributed by atoms with Gasteiger partial charge in [0.05, 0.1) is 29.8 Å². The predicted octanol–water partition coefficient (Wildman–Crippen LogP) is 8.48. The van der Waals surface area contributed by atoms with Crippen LogP contribution in [0.3, 0.4) is 0 Å². The van der Waals surface area contributed by atoms with Crippen molar-refractivity contribution in [3.8, 4) is 33.6 Å². The highest BCUT2D eigenvalue weighted by atomic mass is 32.2. The number of carbonyl (C=O) groups excluding carboxylic acids is 2. The Balaban J connectivity index is 0.908. The van der Waals surface area contributed by atoms with Crippen LogP contribution in [0.15, 0.2) is 122 Å². The molecule has 2 aliphatic rings. The minimum atomic E-state index is -0.343. The predicted molar refractivity (Wildman–Crippen MR) is 212 cm³/mol. The van der Waals surface area contributed by atoms with Crippen molar-refractivity contribution in [2.45, 2.75) is 36.9 Å². The first-order valence-corrected chi connectivity index (χ1v) is 19.4. The molecule has 54 heavy (non-hydrogen) atoms. The molecule has 0 saturated carbocycles. The molecule has 2 N–H and O–H groups in total. The van der Waals surface area contributed by atoms with E-state index in [0.29, 0.717) is 6.54 Å². The van der Waals surface area contributed by atoms with Crippen molar-refractivity contribution in [2.75, 3.05) is 32.9 Å².